The van der Waals surface area contributed by atoms with Crippen molar-refractivity contribution in [3.63, 3.8) is 0 Å². The number of carbonyl (C=O) groups is 2. The lowest BCUT2D eigenvalue weighted by Gasteiger charge is -2.36. The van der Waals surface area contributed by atoms with Gasteiger partial charge in [0.15, 0.2) is 11.2 Å². The molecule has 2 aromatic heterocycles. The van der Waals surface area contributed by atoms with Gasteiger partial charge in [0, 0.05) is 34.6 Å². The number of hydrogen-bond donors (Lipinski definition) is 1. The Balaban J connectivity index is 1.68. The molecule has 2 aliphatic rings. The molecule has 4 aromatic rings. The van der Waals surface area contributed by atoms with Crippen LogP contribution in [0.1, 0.15) is 52.8 Å². The summed E-state index contributed by atoms with van der Waals surface area (Å²) in [6.07, 6.45) is 1.30. The fourth-order valence-corrected chi connectivity index (χ4v) is 6.04. The minimum atomic E-state index is -3.07. The number of aryl methyl sites for hydroxylation is 2. The van der Waals surface area contributed by atoms with Crippen LogP contribution in [0.4, 0.5) is 20.2 Å². The van der Waals surface area contributed by atoms with Gasteiger partial charge in [-0.1, -0.05) is 29.8 Å². The van der Waals surface area contributed by atoms with Crippen molar-refractivity contribution in [3.8, 4) is 23.0 Å². The Hall–Kier alpha value is -4.51. The molecule has 6 rings (SSSR count). The van der Waals surface area contributed by atoms with Gasteiger partial charge in [0.1, 0.15) is 11.6 Å². The third-order valence-corrected chi connectivity index (χ3v) is 7.81. The summed E-state index contributed by atoms with van der Waals surface area (Å²) in [7, 11) is 1.38. The summed E-state index contributed by atoms with van der Waals surface area (Å²) in [5.41, 5.74) is 2.45. The van der Waals surface area contributed by atoms with Crippen molar-refractivity contribution in [2.75, 3.05) is 17.3 Å². The monoisotopic (exact) mass is 593 g/mol. The maximum atomic E-state index is 14.5. The van der Waals surface area contributed by atoms with Crippen molar-refractivity contribution in [3.05, 3.63) is 81.8 Å². The van der Waals surface area contributed by atoms with E-state index in [1.165, 1.54) is 24.3 Å². The van der Waals surface area contributed by atoms with E-state index in [9.17, 15) is 18.4 Å². The third kappa shape index (κ3) is 3.87. The summed E-state index contributed by atoms with van der Waals surface area (Å²) in [5, 5.41) is 3.40. The molecule has 0 bridgehead atoms. The average Bonchev–Trinajstić information content (AvgIpc) is 3.53. The largest absolute Gasteiger partial charge is 0.496 e. The van der Waals surface area contributed by atoms with E-state index in [1.54, 1.807) is 22.8 Å². The summed E-state index contributed by atoms with van der Waals surface area (Å²) in [5.74, 6) is -0.818. The second-order valence-corrected chi connectivity index (χ2v) is 10.9. The number of amides is 2. The fourth-order valence-electron chi connectivity index (χ4n) is 5.88. The molecule has 0 saturated carbocycles. The quantitative estimate of drug-likeness (QED) is 0.283. The number of halogens is 3. The van der Waals surface area contributed by atoms with E-state index >= 15 is 0 Å². The Kier molecular flexibility index (Phi) is 6.45. The van der Waals surface area contributed by atoms with Gasteiger partial charge < -0.3 is 19.4 Å². The molecular formula is C30H26ClF2N5O4. The molecule has 1 spiro atoms. The van der Waals surface area contributed by atoms with E-state index in [2.05, 4.69) is 15.0 Å². The minimum Gasteiger partial charge on any atom is -0.496 e. The highest BCUT2D eigenvalue weighted by atomic mass is 35.5. The number of fused-ring (bicyclic) bond motifs is 4. The lowest BCUT2D eigenvalue weighted by molar-refractivity contribution is -0.119. The highest BCUT2D eigenvalue weighted by Crippen LogP contribution is 2.55. The molecule has 42 heavy (non-hydrogen) atoms. The molecule has 1 atom stereocenters. The second-order valence-electron chi connectivity index (χ2n) is 10.5. The van der Waals surface area contributed by atoms with E-state index in [0.29, 0.717) is 33.2 Å². The first-order valence-corrected chi connectivity index (χ1v) is 13.5. The summed E-state index contributed by atoms with van der Waals surface area (Å²) in [4.78, 5) is 39.1. The first kappa shape index (κ1) is 27.6. The van der Waals surface area contributed by atoms with Gasteiger partial charge in [0.2, 0.25) is 5.88 Å². The zero-order valence-corrected chi connectivity index (χ0v) is 24.1. The molecule has 1 N–H and O–H groups in total. The molecule has 0 aliphatic carbocycles. The SMILES string of the molecule is COc1cc(OC(F)F)ncc1-c1nc2c(n1C(C)C)C1(C(=O)Nc3cc(C)ccc31)N(c1cc(Cl)ccc1C)C2=O. The first-order chi connectivity index (χ1) is 20.0. The van der Waals surface area contributed by atoms with Crippen LogP contribution in [0.25, 0.3) is 11.4 Å². The van der Waals surface area contributed by atoms with Gasteiger partial charge in [-0.05, 0) is 57.0 Å². The van der Waals surface area contributed by atoms with Crippen LogP contribution in [0.15, 0.2) is 48.7 Å². The van der Waals surface area contributed by atoms with Gasteiger partial charge >= 0.3 is 6.61 Å². The number of anilines is 2. The molecule has 12 heteroatoms. The number of rotatable bonds is 6. The zero-order chi connectivity index (χ0) is 30.1. The summed E-state index contributed by atoms with van der Waals surface area (Å²) < 4.78 is 37.5. The van der Waals surface area contributed by atoms with Crippen molar-refractivity contribution in [1.29, 1.82) is 0 Å². The summed E-state index contributed by atoms with van der Waals surface area (Å²) >= 11 is 6.41. The molecule has 0 fully saturated rings. The maximum Gasteiger partial charge on any atom is 0.388 e. The first-order valence-electron chi connectivity index (χ1n) is 13.1. The van der Waals surface area contributed by atoms with Crippen LogP contribution in [0, 0.1) is 13.8 Å². The summed E-state index contributed by atoms with van der Waals surface area (Å²) in [6, 6.07) is 11.7. The molecule has 9 nitrogen and oxygen atoms in total. The number of benzene rings is 2. The molecule has 0 radical (unpaired) electrons. The Morgan fingerprint density at radius 1 is 1.07 bits per heavy atom. The van der Waals surface area contributed by atoms with Gasteiger partial charge in [-0.3, -0.25) is 14.5 Å². The number of nitrogens with zero attached hydrogens (tertiary/aromatic N) is 4. The van der Waals surface area contributed by atoms with Gasteiger partial charge in [0.25, 0.3) is 11.8 Å². The van der Waals surface area contributed by atoms with Crippen LogP contribution >= 0.6 is 11.6 Å². The van der Waals surface area contributed by atoms with Crippen LogP contribution in [-0.2, 0) is 10.3 Å². The number of methoxy groups -OCH3 is 1. The van der Waals surface area contributed by atoms with Crippen molar-refractivity contribution in [1.82, 2.24) is 14.5 Å². The van der Waals surface area contributed by atoms with Crippen LogP contribution in [0.3, 0.4) is 0 Å². The lowest BCUT2D eigenvalue weighted by atomic mass is 9.86. The van der Waals surface area contributed by atoms with E-state index < -0.39 is 24.0 Å². The van der Waals surface area contributed by atoms with Crippen LogP contribution in [0.2, 0.25) is 5.02 Å². The molecule has 216 valence electrons. The highest BCUT2D eigenvalue weighted by molar-refractivity contribution is 6.31. The topological polar surface area (TPSA) is 98.6 Å². The predicted molar refractivity (Wildman–Crippen MR) is 153 cm³/mol. The number of nitrogens with one attached hydrogen (secondary N) is 1. The van der Waals surface area contributed by atoms with Crippen molar-refractivity contribution < 1.29 is 27.8 Å². The van der Waals surface area contributed by atoms with Crippen LogP contribution in [0.5, 0.6) is 11.6 Å². The molecule has 2 aromatic carbocycles. The number of hydrogen-bond acceptors (Lipinski definition) is 6. The number of aromatic nitrogens is 3. The lowest BCUT2D eigenvalue weighted by Crippen LogP contribution is -2.51. The Labute approximate surface area is 245 Å². The van der Waals surface area contributed by atoms with Gasteiger partial charge in [-0.2, -0.15) is 8.78 Å². The Bertz CT molecular complexity index is 1790. The van der Waals surface area contributed by atoms with Gasteiger partial charge in [-0.15, -0.1) is 0 Å². The smallest absolute Gasteiger partial charge is 0.388 e. The highest BCUT2D eigenvalue weighted by Gasteiger charge is 2.64. The fraction of sp³-hybridized carbons (Fsp3) is 0.267. The van der Waals surface area contributed by atoms with E-state index in [0.717, 1.165) is 11.1 Å². The van der Waals surface area contributed by atoms with Gasteiger partial charge in [-0.25, -0.2) is 9.97 Å². The standard InChI is InChI=1S/C30H26ClF2N5O4/c1-14(2)37-25-24(36-26(37)18-13-34-23(42-29(32)33)12-22(18)41-5)27(39)38(21-11-17(31)8-7-16(21)4)30(25)19-9-6-15(3)10-20(19)35-28(30)40/h6-14,29H,1-5H3,(H,35,40). The number of pyridine rings is 1. The third-order valence-electron chi connectivity index (χ3n) is 7.58. The molecular weight excluding hydrogens is 568 g/mol. The number of carbonyl (C=O) groups excluding carboxylic acids is 2. The number of alkyl halides is 2. The molecule has 4 heterocycles. The number of ether oxygens (including phenoxy) is 2. The molecule has 2 amide bonds. The zero-order valence-electron chi connectivity index (χ0n) is 23.3. The van der Waals surface area contributed by atoms with Crippen molar-refractivity contribution >= 4 is 34.8 Å². The van der Waals surface area contributed by atoms with Crippen molar-refractivity contribution in [2.45, 2.75) is 45.9 Å². The minimum absolute atomic E-state index is 0.0663. The normalized spacial score (nSPS) is 17.3. The van der Waals surface area contributed by atoms with Crippen molar-refractivity contribution in [2.24, 2.45) is 0 Å². The maximum absolute atomic E-state index is 14.5. The van der Waals surface area contributed by atoms with E-state index in [1.807, 2.05) is 45.9 Å². The molecule has 1 unspecified atom stereocenters. The molecule has 2 aliphatic heterocycles. The van der Waals surface area contributed by atoms with E-state index in [4.69, 9.17) is 21.3 Å². The Morgan fingerprint density at radius 3 is 2.52 bits per heavy atom. The Morgan fingerprint density at radius 2 is 1.83 bits per heavy atom. The molecule has 0 saturated heterocycles. The van der Waals surface area contributed by atoms with Crippen LogP contribution < -0.4 is 19.7 Å². The van der Waals surface area contributed by atoms with Crippen LogP contribution in [-0.4, -0.2) is 40.1 Å². The van der Waals surface area contributed by atoms with E-state index in [-0.39, 0.29) is 29.2 Å². The van der Waals surface area contributed by atoms with Gasteiger partial charge in [0.05, 0.1) is 24.1 Å². The predicted octanol–water partition coefficient (Wildman–Crippen LogP) is 6.26. The average molecular weight is 594 g/mol. The summed E-state index contributed by atoms with van der Waals surface area (Å²) in [6.45, 7) is 4.48. The second kappa shape index (κ2) is 9.80. The number of imidazole rings is 1.